The lowest BCUT2D eigenvalue weighted by Gasteiger charge is -2.24. The summed E-state index contributed by atoms with van der Waals surface area (Å²) in [5.41, 5.74) is 9.52. The summed E-state index contributed by atoms with van der Waals surface area (Å²) in [4.78, 5) is 14.6. The van der Waals surface area contributed by atoms with Crippen LogP contribution < -0.4 is 10.6 Å². The van der Waals surface area contributed by atoms with E-state index in [0.717, 1.165) is 23.2 Å². The first kappa shape index (κ1) is 15.3. The Kier molecular flexibility index (Phi) is 5.12. The van der Waals surface area contributed by atoms with Crippen LogP contribution in [0.5, 0.6) is 0 Å². The lowest BCUT2D eigenvalue weighted by Crippen LogP contribution is -2.33. The van der Waals surface area contributed by atoms with Gasteiger partial charge in [-0.3, -0.25) is 4.79 Å². The fourth-order valence-corrected chi connectivity index (χ4v) is 2.30. The Morgan fingerprint density at radius 2 is 1.71 bits per heavy atom. The second-order valence-corrected chi connectivity index (χ2v) is 5.25. The maximum absolute atomic E-state index is 12.8. The van der Waals surface area contributed by atoms with Crippen molar-refractivity contribution >= 4 is 11.6 Å². The van der Waals surface area contributed by atoms with Gasteiger partial charge in [-0.1, -0.05) is 35.9 Å². The van der Waals surface area contributed by atoms with Crippen LogP contribution >= 0.6 is 0 Å². The lowest BCUT2D eigenvalue weighted by atomic mass is 10.1. The number of hydrogen-bond acceptors (Lipinski definition) is 2. The Morgan fingerprint density at radius 3 is 2.33 bits per heavy atom. The molecule has 21 heavy (non-hydrogen) atoms. The van der Waals surface area contributed by atoms with E-state index in [1.807, 2.05) is 67.3 Å². The molecule has 1 amide bonds. The van der Waals surface area contributed by atoms with E-state index in [0.29, 0.717) is 18.7 Å². The van der Waals surface area contributed by atoms with E-state index in [2.05, 4.69) is 0 Å². The number of nitrogens with zero attached hydrogens (tertiary/aromatic N) is 1. The van der Waals surface area contributed by atoms with Crippen LogP contribution in [-0.2, 0) is 0 Å². The second kappa shape index (κ2) is 7.04. The molecule has 0 aliphatic carbocycles. The predicted molar refractivity (Wildman–Crippen MR) is 87.7 cm³/mol. The summed E-state index contributed by atoms with van der Waals surface area (Å²) >= 11 is 0. The van der Waals surface area contributed by atoms with Gasteiger partial charge in [-0.05, 0) is 50.6 Å². The van der Waals surface area contributed by atoms with Gasteiger partial charge >= 0.3 is 0 Å². The van der Waals surface area contributed by atoms with Crippen molar-refractivity contribution < 1.29 is 4.79 Å². The number of amides is 1. The zero-order chi connectivity index (χ0) is 15.2. The van der Waals surface area contributed by atoms with E-state index in [4.69, 9.17) is 5.73 Å². The summed E-state index contributed by atoms with van der Waals surface area (Å²) in [6.07, 6.45) is 0.784. The van der Waals surface area contributed by atoms with Crippen molar-refractivity contribution in [2.24, 2.45) is 5.73 Å². The molecule has 0 aliphatic rings. The molecule has 3 nitrogen and oxygen atoms in total. The number of rotatable bonds is 5. The Balaban J connectivity index is 2.33. The summed E-state index contributed by atoms with van der Waals surface area (Å²) in [5, 5.41) is 0. The van der Waals surface area contributed by atoms with Gasteiger partial charge < -0.3 is 10.6 Å². The van der Waals surface area contributed by atoms with E-state index >= 15 is 0 Å². The molecule has 0 spiro atoms. The fourth-order valence-electron chi connectivity index (χ4n) is 2.30. The molecule has 2 aromatic rings. The Hall–Kier alpha value is -2.13. The Labute approximate surface area is 126 Å². The number of para-hydroxylation sites is 1. The molecule has 0 heterocycles. The standard InChI is InChI=1S/C18H22N2O/c1-14-8-10-16(11-9-14)18(21)20(13-5-12-19)17-7-4-3-6-15(17)2/h3-4,6-11H,5,12-13,19H2,1-2H3. The van der Waals surface area contributed by atoms with Crippen LogP contribution in [0.1, 0.15) is 27.9 Å². The van der Waals surface area contributed by atoms with Crippen LogP contribution in [0.3, 0.4) is 0 Å². The zero-order valence-electron chi connectivity index (χ0n) is 12.7. The smallest absolute Gasteiger partial charge is 0.258 e. The van der Waals surface area contributed by atoms with Crippen molar-refractivity contribution in [3.8, 4) is 0 Å². The number of carbonyl (C=O) groups is 1. The van der Waals surface area contributed by atoms with Crippen molar-refractivity contribution in [3.63, 3.8) is 0 Å². The van der Waals surface area contributed by atoms with Gasteiger partial charge in [0.05, 0.1) is 0 Å². The molecule has 3 heteroatoms. The van der Waals surface area contributed by atoms with Crippen LogP contribution in [0, 0.1) is 13.8 Å². The Bertz CT molecular complexity index is 605. The molecule has 0 bridgehead atoms. The predicted octanol–water partition coefficient (Wildman–Crippen LogP) is 3.30. The summed E-state index contributed by atoms with van der Waals surface area (Å²) in [6, 6.07) is 15.6. The number of nitrogens with two attached hydrogens (primary N) is 1. The molecule has 0 saturated heterocycles. The molecular weight excluding hydrogens is 260 g/mol. The van der Waals surface area contributed by atoms with Gasteiger partial charge in [0.1, 0.15) is 0 Å². The maximum Gasteiger partial charge on any atom is 0.258 e. The normalized spacial score (nSPS) is 10.4. The van der Waals surface area contributed by atoms with E-state index in [1.54, 1.807) is 0 Å². The highest BCUT2D eigenvalue weighted by Gasteiger charge is 2.18. The zero-order valence-corrected chi connectivity index (χ0v) is 12.7. The number of hydrogen-bond donors (Lipinski definition) is 1. The van der Waals surface area contributed by atoms with Crippen LogP contribution in [-0.4, -0.2) is 19.0 Å². The van der Waals surface area contributed by atoms with Crippen molar-refractivity contribution in [1.29, 1.82) is 0 Å². The van der Waals surface area contributed by atoms with Crippen LogP contribution in [0.25, 0.3) is 0 Å². The molecule has 0 aromatic heterocycles. The van der Waals surface area contributed by atoms with E-state index in [1.165, 1.54) is 0 Å². The molecule has 0 fully saturated rings. The lowest BCUT2D eigenvalue weighted by molar-refractivity contribution is 0.0986. The van der Waals surface area contributed by atoms with Crippen LogP contribution in [0.2, 0.25) is 0 Å². The minimum absolute atomic E-state index is 0.0257. The third kappa shape index (κ3) is 3.70. The third-order valence-electron chi connectivity index (χ3n) is 3.54. The number of aryl methyl sites for hydroxylation is 2. The van der Waals surface area contributed by atoms with Crippen molar-refractivity contribution in [3.05, 3.63) is 65.2 Å². The monoisotopic (exact) mass is 282 g/mol. The van der Waals surface area contributed by atoms with Crippen LogP contribution in [0.4, 0.5) is 5.69 Å². The molecule has 0 aliphatic heterocycles. The number of benzene rings is 2. The van der Waals surface area contributed by atoms with E-state index in [-0.39, 0.29) is 5.91 Å². The fraction of sp³-hybridized carbons (Fsp3) is 0.278. The molecule has 2 N–H and O–H groups in total. The largest absolute Gasteiger partial charge is 0.330 e. The summed E-state index contributed by atoms with van der Waals surface area (Å²) in [7, 11) is 0. The second-order valence-electron chi connectivity index (χ2n) is 5.25. The number of carbonyl (C=O) groups excluding carboxylic acids is 1. The van der Waals surface area contributed by atoms with Gasteiger partial charge in [0.25, 0.3) is 5.91 Å². The average molecular weight is 282 g/mol. The molecule has 2 rings (SSSR count). The van der Waals surface area contributed by atoms with Gasteiger partial charge in [-0.15, -0.1) is 0 Å². The first-order valence-electron chi connectivity index (χ1n) is 7.27. The Morgan fingerprint density at radius 1 is 1.05 bits per heavy atom. The molecule has 0 radical (unpaired) electrons. The van der Waals surface area contributed by atoms with Gasteiger partial charge in [-0.25, -0.2) is 0 Å². The molecule has 2 aromatic carbocycles. The van der Waals surface area contributed by atoms with Crippen LogP contribution in [0.15, 0.2) is 48.5 Å². The highest BCUT2D eigenvalue weighted by molar-refractivity contribution is 6.06. The summed E-state index contributed by atoms with van der Waals surface area (Å²) in [5.74, 6) is 0.0257. The first-order chi connectivity index (χ1) is 10.1. The van der Waals surface area contributed by atoms with E-state index in [9.17, 15) is 4.79 Å². The topological polar surface area (TPSA) is 46.3 Å². The maximum atomic E-state index is 12.8. The highest BCUT2D eigenvalue weighted by Crippen LogP contribution is 2.22. The van der Waals surface area contributed by atoms with Gasteiger partial charge in [0, 0.05) is 17.8 Å². The molecule has 110 valence electrons. The van der Waals surface area contributed by atoms with Crippen molar-refractivity contribution in [2.75, 3.05) is 18.0 Å². The third-order valence-corrected chi connectivity index (χ3v) is 3.54. The highest BCUT2D eigenvalue weighted by atomic mass is 16.2. The summed E-state index contributed by atoms with van der Waals surface area (Å²) < 4.78 is 0. The van der Waals surface area contributed by atoms with Crippen molar-refractivity contribution in [2.45, 2.75) is 20.3 Å². The average Bonchev–Trinajstić information content (AvgIpc) is 2.50. The van der Waals surface area contributed by atoms with Gasteiger partial charge in [-0.2, -0.15) is 0 Å². The first-order valence-corrected chi connectivity index (χ1v) is 7.27. The summed E-state index contributed by atoms with van der Waals surface area (Å²) in [6.45, 7) is 5.24. The minimum atomic E-state index is 0.0257. The SMILES string of the molecule is Cc1ccc(C(=O)N(CCCN)c2ccccc2C)cc1. The van der Waals surface area contributed by atoms with Gasteiger partial charge in [0.2, 0.25) is 0 Å². The molecule has 0 unspecified atom stereocenters. The quantitative estimate of drug-likeness (QED) is 0.914. The molecule has 0 saturated carbocycles. The number of anilines is 1. The molecular formula is C18H22N2O. The van der Waals surface area contributed by atoms with Gasteiger partial charge in [0.15, 0.2) is 0 Å². The van der Waals surface area contributed by atoms with Crippen molar-refractivity contribution in [1.82, 2.24) is 0 Å². The molecule has 0 atom stereocenters. The van der Waals surface area contributed by atoms with E-state index < -0.39 is 0 Å². The minimum Gasteiger partial charge on any atom is -0.330 e.